The minimum absolute atomic E-state index is 0.162. The van der Waals surface area contributed by atoms with Gasteiger partial charge in [0.15, 0.2) is 0 Å². The van der Waals surface area contributed by atoms with Crippen molar-refractivity contribution in [2.45, 2.75) is 66.3 Å². The van der Waals surface area contributed by atoms with Gasteiger partial charge in [-0.15, -0.1) is 0 Å². The van der Waals surface area contributed by atoms with Crippen molar-refractivity contribution < 1.29 is 9.31 Å². The zero-order valence-corrected chi connectivity index (χ0v) is 21.5. The second-order valence-corrected chi connectivity index (χ2v) is 12.2. The molecular formula is C31H29BO2S. The third-order valence-electron chi connectivity index (χ3n) is 8.77. The van der Waals surface area contributed by atoms with Crippen molar-refractivity contribution in [3.8, 4) is 0 Å². The molecule has 4 aliphatic rings. The van der Waals surface area contributed by atoms with Crippen molar-refractivity contribution >= 4 is 24.5 Å². The fourth-order valence-corrected chi connectivity index (χ4v) is 7.60. The smallest absolute Gasteiger partial charge is 0.403 e. The molecule has 1 unspecified atom stereocenters. The van der Waals surface area contributed by atoms with Crippen molar-refractivity contribution in [1.29, 1.82) is 0 Å². The average molecular weight is 476 g/mol. The Labute approximate surface area is 212 Å². The second kappa shape index (κ2) is 7.26. The van der Waals surface area contributed by atoms with Crippen LogP contribution in [0.15, 0.2) is 100 Å². The van der Waals surface area contributed by atoms with Crippen LogP contribution in [0.3, 0.4) is 0 Å². The minimum Gasteiger partial charge on any atom is -0.403 e. The van der Waals surface area contributed by atoms with Crippen LogP contribution in [0.5, 0.6) is 0 Å². The van der Waals surface area contributed by atoms with Crippen LogP contribution < -0.4 is 0 Å². The summed E-state index contributed by atoms with van der Waals surface area (Å²) in [4.78, 5) is 2.69. The molecule has 174 valence electrons. The summed E-state index contributed by atoms with van der Waals surface area (Å²) in [6, 6.07) is 27.0. The van der Waals surface area contributed by atoms with Gasteiger partial charge in [-0.1, -0.05) is 84.6 Å². The lowest BCUT2D eigenvalue weighted by Crippen LogP contribution is -2.41. The quantitative estimate of drug-likeness (QED) is 0.336. The predicted molar refractivity (Wildman–Crippen MR) is 144 cm³/mol. The molecule has 1 saturated heterocycles. The van der Waals surface area contributed by atoms with Gasteiger partial charge in [0.1, 0.15) is 0 Å². The highest BCUT2D eigenvalue weighted by molar-refractivity contribution is 7.99. The van der Waals surface area contributed by atoms with E-state index >= 15 is 0 Å². The van der Waals surface area contributed by atoms with Crippen molar-refractivity contribution in [2.24, 2.45) is 0 Å². The van der Waals surface area contributed by atoms with Gasteiger partial charge in [-0.2, -0.15) is 0 Å². The highest BCUT2D eigenvalue weighted by Gasteiger charge is 2.57. The molecule has 1 atom stereocenters. The van der Waals surface area contributed by atoms with E-state index in [-0.39, 0.29) is 29.6 Å². The Balaban J connectivity index is 1.45. The number of benzene rings is 3. The monoisotopic (exact) mass is 476 g/mol. The fourth-order valence-electron chi connectivity index (χ4n) is 6.41. The van der Waals surface area contributed by atoms with Gasteiger partial charge in [-0.05, 0) is 79.6 Å². The Hall–Kier alpha value is -2.53. The Morgan fingerprint density at radius 3 is 1.91 bits per heavy atom. The van der Waals surface area contributed by atoms with Crippen LogP contribution in [0.1, 0.15) is 56.4 Å². The van der Waals surface area contributed by atoms with E-state index < -0.39 is 0 Å². The van der Waals surface area contributed by atoms with Crippen LogP contribution in [0.25, 0.3) is 5.57 Å². The van der Waals surface area contributed by atoms with E-state index in [1.54, 1.807) is 0 Å². The number of fused-ring (bicyclic) bond motifs is 8. The van der Waals surface area contributed by atoms with E-state index in [0.29, 0.717) is 0 Å². The molecule has 0 aromatic heterocycles. The first kappa shape index (κ1) is 21.7. The Bertz CT molecular complexity index is 1370. The SMILES string of the molecule is CC1(C)OB(C2C=CC3=C(C2)C2(c4ccccc4Sc4ccccc42)c2ccccc23)OC1(C)C. The summed E-state index contributed by atoms with van der Waals surface area (Å²) in [5.74, 6) is 0.162. The molecule has 2 heterocycles. The molecule has 3 aromatic carbocycles. The maximum absolute atomic E-state index is 6.54. The van der Waals surface area contributed by atoms with E-state index in [0.717, 1.165) is 6.42 Å². The molecule has 2 aliphatic heterocycles. The molecule has 7 rings (SSSR count). The zero-order valence-electron chi connectivity index (χ0n) is 20.7. The minimum atomic E-state index is -0.336. The van der Waals surface area contributed by atoms with Gasteiger partial charge in [0, 0.05) is 15.6 Å². The second-order valence-electron chi connectivity index (χ2n) is 11.1. The molecule has 0 amide bonds. The number of hydrogen-bond acceptors (Lipinski definition) is 3. The molecule has 1 spiro atoms. The topological polar surface area (TPSA) is 18.5 Å². The standard InChI is InChI=1S/C31H29BO2S/c1-29(2)30(3,4)34-32(33-29)20-17-18-22-21-11-5-6-12-23(21)31(26(22)19-20)24-13-7-9-15-27(24)35-28-16-10-8-14-25(28)31/h5-18,20H,19H2,1-4H3. The molecular weight excluding hydrogens is 447 g/mol. The maximum Gasteiger partial charge on any atom is 0.465 e. The van der Waals surface area contributed by atoms with Gasteiger partial charge in [0.2, 0.25) is 0 Å². The van der Waals surface area contributed by atoms with Crippen molar-refractivity contribution in [2.75, 3.05) is 0 Å². The zero-order chi connectivity index (χ0) is 24.0. The Morgan fingerprint density at radius 1 is 0.743 bits per heavy atom. The van der Waals surface area contributed by atoms with Gasteiger partial charge in [-0.25, -0.2) is 0 Å². The summed E-state index contributed by atoms with van der Waals surface area (Å²) in [7, 11) is -0.255. The van der Waals surface area contributed by atoms with Crippen LogP contribution in [-0.2, 0) is 14.7 Å². The van der Waals surface area contributed by atoms with Crippen LogP contribution in [0.2, 0.25) is 5.82 Å². The van der Waals surface area contributed by atoms with E-state index in [1.165, 1.54) is 43.2 Å². The van der Waals surface area contributed by atoms with Crippen LogP contribution in [0, 0.1) is 0 Å². The first-order valence-electron chi connectivity index (χ1n) is 12.6. The lowest BCUT2D eigenvalue weighted by atomic mass is 9.59. The summed E-state index contributed by atoms with van der Waals surface area (Å²) in [6.07, 6.45) is 5.58. The van der Waals surface area contributed by atoms with E-state index in [9.17, 15) is 0 Å². The molecule has 0 saturated carbocycles. The molecule has 0 bridgehead atoms. The van der Waals surface area contributed by atoms with Gasteiger partial charge >= 0.3 is 7.12 Å². The molecule has 4 heteroatoms. The summed E-state index contributed by atoms with van der Waals surface area (Å²) in [5, 5.41) is 0. The van der Waals surface area contributed by atoms with Gasteiger partial charge in [0.25, 0.3) is 0 Å². The lowest BCUT2D eigenvalue weighted by molar-refractivity contribution is 0.00578. The molecule has 35 heavy (non-hydrogen) atoms. The molecule has 2 nitrogen and oxygen atoms in total. The normalized spacial score (nSPS) is 24.2. The van der Waals surface area contributed by atoms with Crippen molar-refractivity contribution in [3.05, 3.63) is 113 Å². The van der Waals surface area contributed by atoms with E-state index in [1.807, 2.05) is 11.8 Å². The van der Waals surface area contributed by atoms with Crippen LogP contribution in [0.4, 0.5) is 0 Å². The molecule has 1 fully saturated rings. The summed E-state index contributed by atoms with van der Waals surface area (Å²) >= 11 is 1.89. The predicted octanol–water partition coefficient (Wildman–Crippen LogP) is 7.68. The first-order valence-corrected chi connectivity index (χ1v) is 13.4. The molecule has 3 aromatic rings. The van der Waals surface area contributed by atoms with Crippen molar-refractivity contribution in [3.63, 3.8) is 0 Å². The third-order valence-corrected chi connectivity index (χ3v) is 9.92. The summed E-state index contributed by atoms with van der Waals surface area (Å²) in [5.41, 5.74) is 7.40. The van der Waals surface area contributed by atoms with Crippen LogP contribution >= 0.6 is 11.8 Å². The summed E-state index contributed by atoms with van der Waals surface area (Å²) in [6.45, 7) is 8.56. The Morgan fingerprint density at radius 2 is 1.29 bits per heavy atom. The fraction of sp³-hybridized carbons (Fsp3) is 0.290. The Kier molecular flexibility index (Phi) is 4.51. The van der Waals surface area contributed by atoms with E-state index in [2.05, 4.69) is 113 Å². The van der Waals surface area contributed by atoms with Gasteiger partial charge in [0.05, 0.1) is 16.6 Å². The molecule has 2 aliphatic carbocycles. The molecule has 0 radical (unpaired) electrons. The largest absolute Gasteiger partial charge is 0.465 e. The number of allylic oxidation sites excluding steroid dienone is 4. The first-order chi connectivity index (χ1) is 16.8. The summed E-state index contributed by atoms with van der Waals surface area (Å²) < 4.78 is 13.1. The van der Waals surface area contributed by atoms with Gasteiger partial charge in [-0.3, -0.25) is 0 Å². The highest BCUT2D eigenvalue weighted by Crippen LogP contribution is 2.64. The lowest BCUT2D eigenvalue weighted by Gasteiger charge is -2.42. The van der Waals surface area contributed by atoms with Crippen molar-refractivity contribution in [1.82, 2.24) is 0 Å². The molecule has 0 N–H and O–H groups in total. The third kappa shape index (κ3) is 2.82. The van der Waals surface area contributed by atoms with E-state index in [4.69, 9.17) is 9.31 Å². The maximum atomic E-state index is 6.54. The van der Waals surface area contributed by atoms with Crippen LogP contribution in [-0.4, -0.2) is 18.3 Å². The number of rotatable bonds is 1. The highest BCUT2D eigenvalue weighted by atomic mass is 32.2. The number of hydrogen-bond donors (Lipinski definition) is 0. The average Bonchev–Trinajstić information content (AvgIpc) is 3.26. The van der Waals surface area contributed by atoms with Gasteiger partial charge < -0.3 is 9.31 Å².